The summed E-state index contributed by atoms with van der Waals surface area (Å²) in [5, 5.41) is 0. The predicted octanol–water partition coefficient (Wildman–Crippen LogP) is 2.18. The molecule has 0 aliphatic carbocycles. The molecule has 1 unspecified atom stereocenters. The standard InChI is InChI=1S/C10H21NO/c1-7(2)8(9(11)12)6-10(3,4)5/h7-8H,6H2,1-5H3,(H2,11,12). The minimum absolute atomic E-state index is 0.0185. The Hall–Kier alpha value is -0.530. The van der Waals surface area contributed by atoms with Crippen LogP contribution in [0.3, 0.4) is 0 Å². The molecule has 0 aliphatic heterocycles. The van der Waals surface area contributed by atoms with Crippen LogP contribution in [0.2, 0.25) is 0 Å². The molecular formula is C10H21NO. The Labute approximate surface area is 75.5 Å². The summed E-state index contributed by atoms with van der Waals surface area (Å²) in [6.45, 7) is 10.5. The summed E-state index contributed by atoms with van der Waals surface area (Å²) in [4.78, 5) is 11.0. The summed E-state index contributed by atoms with van der Waals surface area (Å²) in [5.41, 5.74) is 5.49. The van der Waals surface area contributed by atoms with Crippen LogP contribution in [0.25, 0.3) is 0 Å². The molecule has 2 N–H and O–H groups in total. The second-order valence-corrected chi connectivity index (χ2v) is 5.02. The highest BCUT2D eigenvalue weighted by molar-refractivity contribution is 5.76. The van der Waals surface area contributed by atoms with Gasteiger partial charge < -0.3 is 5.73 Å². The van der Waals surface area contributed by atoms with Crippen molar-refractivity contribution in [3.63, 3.8) is 0 Å². The fraction of sp³-hybridized carbons (Fsp3) is 0.900. The summed E-state index contributed by atoms with van der Waals surface area (Å²) in [5.74, 6) is 0.201. The van der Waals surface area contributed by atoms with Gasteiger partial charge >= 0.3 is 0 Å². The first-order valence-corrected chi connectivity index (χ1v) is 4.53. The minimum Gasteiger partial charge on any atom is -0.369 e. The monoisotopic (exact) mass is 171 g/mol. The Morgan fingerprint density at radius 2 is 1.75 bits per heavy atom. The van der Waals surface area contributed by atoms with Crippen LogP contribution in [-0.4, -0.2) is 5.91 Å². The number of nitrogens with two attached hydrogens (primary N) is 1. The third kappa shape index (κ3) is 4.37. The molecule has 0 aliphatic rings. The van der Waals surface area contributed by atoms with E-state index in [1.54, 1.807) is 0 Å². The van der Waals surface area contributed by atoms with Gasteiger partial charge in [-0.25, -0.2) is 0 Å². The number of amides is 1. The van der Waals surface area contributed by atoms with Crippen LogP contribution in [0, 0.1) is 17.3 Å². The Balaban J connectivity index is 4.25. The van der Waals surface area contributed by atoms with Crippen LogP contribution in [0.15, 0.2) is 0 Å². The van der Waals surface area contributed by atoms with Crippen LogP contribution >= 0.6 is 0 Å². The van der Waals surface area contributed by atoms with Gasteiger partial charge in [-0.15, -0.1) is 0 Å². The first-order valence-electron chi connectivity index (χ1n) is 4.53. The molecule has 0 aromatic rings. The lowest BCUT2D eigenvalue weighted by atomic mass is 9.79. The number of hydrogen-bond donors (Lipinski definition) is 1. The van der Waals surface area contributed by atoms with Crippen LogP contribution in [0.5, 0.6) is 0 Å². The molecule has 1 amide bonds. The largest absolute Gasteiger partial charge is 0.369 e. The molecule has 0 saturated carbocycles. The molecule has 0 aromatic heterocycles. The van der Waals surface area contributed by atoms with E-state index in [0.29, 0.717) is 5.92 Å². The van der Waals surface area contributed by atoms with Gasteiger partial charge in [-0.3, -0.25) is 4.79 Å². The second-order valence-electron chi connectivity index (χ2n) is 5.02. The summed E-state index contributed by atoms with van der Waals surface area (Å²) >= 11 is 0. The van der Waals surface area contributed by atoms with Crippen molar-refractivity contribution in [2.24, 2.45) is 23.0 Å². The van der Waals surface area contributed by atoms with Crippen LogP contribution in [-0.2, 0) is 4.79 Å². The van der Waals surface area contributed by atoms with E-state index in [0.717, 1.165) is 6.42 Å². The molecule has 2 heteroatoms. The van der Waals surface area contributed by atoms with Gasteiger partial charge in [0.1, 0.15) is 0 Å². The first-order chi connectivity index (χ1) is 5.24. The lowest BCUT2D eigenvalue weighted by Crippen LogP contribution is -2.31. The maximum Gasteiger partial charge on any atom is 0.220 e. The Kier molecular flexibility index (Phi) is 3.75. The molecule has 0 heterocycles. The van der Waals surface area contributed by atoms with Crippen molar-refractivity contribution in [1.82, 2.24) is 0 Å². The first kappa shape index (κ1) is 11.5. The van der Waals surface area contributed by atoms with E-state index in [1.807, 2.05) is 13.8 Å². The van der Waals surface area contributed by atoms with E-state index in [9.17, 15) is 4.79 Å². The zero-order valence-corrected chi connectivity index (χ0v) is 8.85. The quantitative estimate of drug-likeness (QED) is 0.695. The van der Waals surface area contributed by atoms with Crippen LogP contribution in [0.1, 0.15) is 41.0 Å². The highest BCUT2D eigenvalue weighted by atomic mass is 16.1. The van der Waals surface area contributed by atoms with Gasteiger partial charge in [-0.2, -0.15) is 0 Å². The highest BCUT2D eigenvalue weighted by Crippen LogP contribution is 2.28. The molecule has 2 nitrogen and oxygen atoms in total. The molecular weight excluding hydrogens is 150 g/mol. The van der Waals surface area contributed by atoms with Crippen molar-refractivity contribution >= 4 is 5.91 Å². The molecule has 0 radical (unpaired) electrons. The Morgan fingerprint density at radius 3 is 1.83 bits per heavy atom. The van der Waals surface area contributed by atoms with Gasteiger partial charge in [-0.1, -0.05) is 34.6 Å². The van der Waals surface area contributed by atoms with E-state index in [2.05, 4.69) is 20.8 Å². The van der Waals surface area contributed by atoms with Gasteiger partial charge in [0.05, 0.1) is 0 Å². The van der Waals surface area contributed by atoms with Gasteiger partial charge in [0.2, 0.25) is 5.91 Å². The summed E-state index contributed by atoms with van der Waals surface area (Å²) < 4.78 is 0. The highest BCUT2D eigenvalue weighted by Gasteiger charge is 2.25. The van der Waals surface area contributed by atoms with Crippen molar-refractivity contribution in [3.05, 3.63) is 0 Å². The minimum atomic E-state index is -0.167. The SMILES string of the molecule is CC(C)C(CC(C)(C)C)C(N)=O. The van der Waals surface area contributed by atoms with Crippen molar-refractivity contribution in [3.8, 4) is 0 Å². The van der Waals surface area contributed by atoms with Gasteiger partial charge in [0, 0.05) is 5.92 Å². The molecule has 0 aromatic carbocycles. The third-order valence-corrected chi connectivity index (χ3v) is 2.00. The molecule has 0 fully saturated rings. The van der Waals surface area contributed by atoms with E-state index in [-0.39, 0.29) is 17.2 Å². The normalized spacial score (nSPS) is 14.8. The Morgan fingerprint density at radius 1 is 1.33 bits per heavy atom. The van der Waals surface area contributed by atoms with Crippen molar-refractivity contribution in [2.45, 2.75) is 41.0 Å². The smallest absolute Gasteiger partial charge is 0.220 e. The van der Waals surface area contributed by atoms with Crippen LogP contribution < -0.4 is 5.73 Å². The van der Waals surface area contributed by atoms with Crippen molar-refractivity contribution < 1.29 is 4.79 Å². The van der Waals surface area contributed by atoms with Crippen LogP contribution in [0.4, 0.5) is 0 Å². The predicted molar refractivity (Wildman–Crippen MR) is 51.6 cm³/mol. The molecule has 72 valence electrons. The van der Waals surface area contributed by atoms with Crippen molar-refractivity contribution in [2.75, 3.05) is 0 Å². The van der Waals surface area contributed by atoms with Gasteiger partial charge in [0.15, 0.2) is 0 Å². The summed E-state index contributed by atoms with van der Waals surface area (Å²) in [7, 11) is 0. The van der Waals surface area contributed by atoms with E-state index >= 15 is 0 Å². The maximum atomic E-state index is 11.0. The molecule has 12 heavy (non-hydrogen) atoms. The van der Waals surface area contributed by atoms with Crippen molar-refractivity contribution in [1.29, 1.82) is 0 Å². The lowest BCUT2D eigenvalue weighted by molar-refractivity contribution is -0.124. The summed E-state index contributed by atoms with van der Waals surface area (Å²) in [6, 6.07) is 0. The second kappa shape index (κ2) is 3.92. The number of carbonyl (C=O) groups excluding carboxylic acids is 1. The average molecular weight is 171 g/mol. The average Bonchev–Trinajstić information content (AvgIpc) is 1.79. The molecule has 1 atom stereocenters. The van der Waals surface area contributed by atoms with E-state index in [1.165, 1.54) is 0 Å². The third-order valence-electron chi connectivity index (χ3n) is 2.00. The maximum absolute atomic E-state index is 11.0. The van der Waals surface area contributed by atoms with Gasteiger partial charge in [-0.05, 0) is 17.8 Å². The zero-order chi connectivity index (χ0) is 9.94. The fourth-order valence-electron chi connectivity index (χ4n) is 1.32. The number of primary amides is 1. The Bertz CT molecular complexity index is 156. The molecule has 0 spiro atoms. The molecule has 0 saturated heterocycles. The molecule has 0 bridgehead atoms. The van der Waals surface area contributed by atoms with E-state index < -0.39 is 0 Å². The van der Waals surface area contributed by atoms with E-state index in [4.69, 9.17) is 5.73 Å². The zero-order valence-electron chi connectivity index (χ0n) is 8.85. The van der Waals surface area contributed by atoms with Gasteiger partial charge in [0.25, 0.3) is 0 Å². The fourth-order valence-corrected chi connectivity index (χ4v) is 1.32. The lowest BCUT2D eigenvalue weighted by Gasteiger charge is -2.26. The topological polar surface area (TPSA) is 43.1 Å². The summed E-state index contributed by atoms with van der Waals surface area (Å²) in [6.07, 6.45) is 0.875. The number of carbonyl (C=O) groups is 1. The molecule has 0 rings (SSSR count). The number of hydrogen-bond acceptors (Lipinski definition) is 1. The number of rotatable bonds is 3.